The molecule has 8 nitrogen and oxygen atoms in total. The maximum atomic E-state index is 12.4. The van der Waals surface area contributed by atoms with Crippen LogP contribution in [-0.4, -0.2) is 64.5 Å². The number of rotatable bonds is 7. The van der Waals surface area contributed by atoms with E-state index in [4.69, 9.17) is 16.1 Å². The van der Waals surface area contributed by atoms with Crippen LogP contribution in [0.1, 0.15) is 11.5 Å². The highest BCUT2D eigenvalue weighted by Gasteiger charge is 2.23. The van der Waals surface area contributed by atoms with Crippen molar-refractivity contribution in [2.75, 3.05) is 32.7 Å². The molecular weight excluding hydrogens is 430 g/mol. The number of benzene rings is 2. The molecule has 2 aromatic carbocycles. The maximum absolute atomic E-state index is 12.4. The molecule has 32 heavy (non-hydrogen) atoms. The Morgan fingerprint density at radius 3 is 2.44 bits per heavy atom. The minimum absolute atomic E-state index is 0.0137. The fourth-order valence-corrected chi connectivity index (χ4v) is 3.64. The first-order valence-corrected chi connectivity index (χ1v) is 10.8. The lowest BCUT2D eigenvalue weighted by Gasteiger charge is -2.34. The van der Waals surface area contributed by atoms with E-state index in [1.54, 1.807) is 17.0 Å². The second kappa shape index (κ2) is 10.4. The number of nitrogens with one attached hydrogen (secondary N) is 1. The summed E-state index contributed by atoms with van der Waals surface area (Å²) >= 11 is 5.92. The molecule has 2 amide bonds. The largest absolute Gasteiger partial charge is 0.347 e. The zero-order chi connectivity index (χ0) is 22.3. The molecule has 3 aromatic rings. The van der Waals surface area contributed by atoms with Crippen LogP contribution >= 0.6 is 11.6 Å². The zero-order valence-corrected chi connectivity index (χ0v) is 18.3. The van der Waals surface area contributed by atoms with Gasteiger partial charge in [0, 0.05) is 36.8 Å². The molecule has 1 saturated heterocycles. The summed E-state index contributed by atoms with van der Waals surface area (Å²) in [5.74, 6) is 0.824. The van der Waals surface area contributed by atoms with Crippen molar-refractivity contribution in [2.24, 2.45) is 0 Å². The Balaban J connectivity index is 1.20. The normalized spacial score (nSPS) is 14.3. The molecule has 0 radical (unpaired) electrons. The molecule has 0 spiro atoms. The quantitative estimate of drug-likeness (QED) is 0.590. The highest BCUT2D eigenvalue weighted by Crippen LogP contribution is 2.19. The Labute approximate surface area is 191 Å². The number of halogens is 1. The molecular formula is C23H24ClN5O3. The molecule has 1 fully saturated rings. The maximum Gasteiger partial charge on any atom is 0.242 e. The lowest BCUT2D eigenvalue weighted by Crippen LogP contribution is -2.51. The van der Waals surface area contributed by atoms with E-state index in [0.29, 0.717) is 49.5 Å². The minimum Gasteiger partial charge on any atom is -0.347 e. The van der Waals surface area contributed by atoms with Gasteiger partial charge in [-0.1, -0.05) is 47.1 Å². The van der Waals surface area contributed by atoms with Gasteiger partial charge in [0.15, 0.2) is 0 Å². The first-order valence-electron chi connectivity index (χ1n) is 10.5. The van der Waals surface area contributed by atoms with Crippen LogP contribution in [-0.2, 0) is 22.6 Å². The van der Waals surface area contributed by atoms with E-state index >= 15 is 0 Å². The highest BCUT2D eigenvalue weighted by atomic mass is 35.5. The summed E-state index contributed by atoms with van der Waals surface area (Å²) in [6.07, 6.45) is 0.268. The number of amides is 2. The van der Waals surface area contributed by atoms with E-state index < -0.39 is 0 Å². The summed E-state index contributed by atoms with van der Waals surface area (Å²) in [5, 5.41) is 7.40. The lowest BCUT2D eigenvalue weighted by atomic mass is 10.1. The summed E-state index contributed by atoms with van der Waals surface area (Å²) in [6, 6.07) is 16.7. The summed E-state index contributed by atoms with van der Waals surface area (Å²) < 4.78 is 5.38. The number of hydrogen-bond donors (Lipinski definition) is 1. The van der Waals surface area contributed by atoms with E-state index in [9.17, 15) is 9.59 Å². The molecule has 0 atom stereocenters. The third-order valence-electron chi connectivity index (χ3n) is 5.30. The molecule has 166 valence electrons. The predicted octanol–water partition coefficient (Wildman–Crippen LogP) is 2.39. The summed E-state index contributed by atoms with van der Waals surface area (Å²) in [5.41, 5.74) is 1.76. The number of carbonyl (C=O) groups is 2. The number of carbonyl (C=O) groups excluding carboxylic acids is 2. The highest BCUT2D eigenvalue weighted by molar-refractivity contribution is 6.30. The first-order chi connectivity index (χ1) is 15.6. The standard InChI is InChI=1S/C23H24ClN5O3/c24-19-8-6-18(7-9-19)23-26-21(32-27-23)16-28-10-12-29(13-11-28)22(31)15-25-20(30)14-17-4-2-1-3-5-17/h1-9H,10-16H2,(H,25,30). The van der Waals surface area contributed by atoms with Gasteiger partial charge in [-0.25, -0.2) is 0 Å². The van der Waals surface area contributed by atoms with Crippen LogP contribution in [0.5, 0.6) is 0 Å². The molecule has 0 aliphatic carbocycles. The fraction of sp³-hybridized carbons (Fsp3) is 0.304. The van der Waals surface area contributed by atoms with Crippen LogP contribution < -0.4 is 5.32 Å². The number of nitrogens with zero attached hydrogens (tertiary/aromatic N) is 4. The van der Waals surface area contributed by atoms with E-state index in [-0.39, 0.29) is 24.8 Å². The smallest absolute Gasteiger partial charge is 0.242 e. The van der Waals surface area contributed by atoms with Crippen LogP contribution in [0.3, 0.4) is 0 Å². The molecule has 1 N–H and O–H groups in total. The second-order valence-electron chi connectivity index (χ2n) is 7.61. The molecule has 1 aromatic heterocycles. The average Bonchev–Trinajstić information content (AvgIpc) is 3.27. The van der Waals surface area contributed by atoms with Crippen LogP contribution in [0.25, 0.3) is 11.4 Å². The van der Waals surface area contributed by atoms with E-state index in [2.05, 4.69) is 20.4 Å². The molecule has 0 saturated carbocycles. The molecule has 4 rings (SSSR count). The SMILES string of the molecule is O=C(Cc1ccccc1)NCC(=O)N1CCN(Cc2nc(-c3ccc(Cl)cc3)no2)CC1. The molecule has 1 aliphatic rings. The molecule has 9 heteroatoms. The van der Waals surface area contributed by atoms with Crippen molar-refractivity contribution in [3.8, 4) is 11.4 Å². The average molecular weight is 454 g/mol. The molecule has 0 bridgehead atoms. The van der Waals surface area contributed by atoms with Gasteiger partial charge < -0.3 is 14.7 Å². The van der Waals surface area contributed by atoms with Crippen molar-refractivity contribution < 1.29 is 14.1 Å². The van der Waals surface area contributed by atoms with Crippen LogP contribution in [0.2, 0.25) is 5.02 Å². The fourth-order valence-electron chi connectivity index (χ4n) is 3.51. The van der Waals surface area contributed by atoms with Crippen molar-refractivity contribution in [2.45, 2.75) is 13.0 Å². The van der Waals surface area contributed by atoms with Gasteiger partial charge in [0.05, 0.1) is 19.5 Å². The lowest BCUT2D eigenvalue weighted by molar-refractivity contribution is -0.134. The van der Waals surface area contributed by atoms with Gasteiger partial charge in [0.25, 0.3) is 0 Å². The Bertz CT molecular complexity index is 1050. The number of piperazine rings is 1. The predicted molar refractivity (Wildman–Crippen MR) is 120 cm³/mol. The minimum atomic E-state index is -0.156. The zero-order valence-electron chi connectivity index (χ0n) is 17.5. The molecule has 1 aliphatic heterocycles. The van der Waals surface area contributed by atoms with E-state index in [0.717, 1.165) is 11.1 Å². The van der Waals surface area contributed by atoms with Crippen molar-refractivity contribution >= 4 is 23.4 Å². The van der Waals surface area contributed by atoms with Crippen molar-refractivity contribution in [1.82, 2.24) is 25.3 Å². The monoisotopic (exact) mass is 453 g/mol. The summed E-state index contributed by atoms with van der Waals surface area (Å²) in [4.78, 5) is 32.9. The summed E-state index contributed by atoms with van der Waals surface area (Å²) in [6.45, 7) is 3.11. The van der Waals surface area contributed by atoms with Crippen LogP contribution in [0, 0.1) is 0 Å². The van der Waals surface area contributed by atoms with E-state index in [1.165, 1.54) is 0 Å². The second-order valence-corrected chi connectivity index (χ2v) is 8.05. The first kappa shape index (κ1) is 22.0. The van der Waals surface area contributed by atoms with Gasteiger partial charge >= 0.3 is 0 Å². The number of hydrogen-bond acceptors (Lipinski definition) is 6. The number of aromatic nitrogens is 2. The Kier molecular flexibility index (Phi) is 7.14. The van der Waals surface area contributed by atoms with Gasteiger partial charge in [-0.15, -0.1) is 0 Å². The Morgan fingerprint density at radius 1 is 1.00 bits per heavy atom. The van der Waals surface area contributed by atoms with Gasteiger partial charge in [-0.3, -0.25) is 14.5 Å². The molecule has 0 unspecified atom stereocenters. The van der Waals surface area contributed by atoms with Crippen molar-refractivity contribution in [1.29, 1.82) is 0 Å². The van der Waals surface area contributed by atoms with Gasteiger partial charge in [0.1, 0.15) is 0 Å². The van der Waals surface area contributed by atoms with Crippen LogP contribution in [0.4, 0.5) is 0 Å². The van der Waals surface area contributed by atoms with Gasteiger partial charge in [-0.2, -0.15) is 4.98 Å². The van der Waals surface area contributed by atoms with Crippen molar-refractivity contribution in [3.63, 3.8) is 0 Å². The van der Waals surface area contributed by atoms with E-state index in [1.807, 2.05) is 42.5 Å². The van der Waals surface area contributed by atoms with Gasteiger partial charge in [0.2, 0.25) is 23.5 Å². The summed E-state index contributed by atoms with van der Waals surface area (Å²) in [7, 11) is 0. The van der Waals surface area contributed by atoms with Crippen LogP contribution in [0.15, 0.2) is 59.1 Å². The Morgan fingerprint density at radius 2 is 1.72 bits per heavy atom. The third-order valence-corrected chi connectivity index (χ3v) is 5.55. The Hall–Kier alpha value is -3.23. The third kappa shape index (κ3) is 5.93. The molecule has 2 heterocycles. The van der Waals surface area contributed by atoms with Crippen molar-refractivity contribution in [3.05, 3.63) is 71.1 Å². The topological polar surface area (TPSA) is 91.6 Å². The van der Waals surface area contributed by atoms with Gasteiger partial charge in [-0.05, 0) is 29.8 Å².